The number of nitrogens with zero attached hydrogens (tertiary/aromatic N) is 2. The van der Waals surface area contributed by atoms with Crippen LogP contribution in [-0.4, -0.2) is 21.6 Å². The summed E-state index contributed by atoms with van der Waals surface area (Å²) in [6.07, 6.45) is 1.16. The Morgan fingerprint density at radius 3 is 2.44 bits per heavy atom. The molecule has 1 amide bonds. The molecule has 0 saturated heterocycles. The molecule has 0 fully saturated rings. The minimum Gasteiger partial charge on any atom is -0.356 e. The zero-order valence-corrected chi connectivity index (χ0v) is 20.9. The van der Waals surface area contributed by atoms with Gasteiger partial charge in [0.2, 0.25) is 5.91 Å². The lowest BCUT2D eigenvalue weighted by atomic mass is 10.1. The molecule has 0 bridgehead atoms. The van der Waals surface area contributed by atoms with Gasteiger partial charge in [-0.1, -0.05) is 53.5 Å². The summed E-state index contributed by atoms with van der Waals surface area (Å²) in [6.45, 7) is 0.635. The van der Waals surface area contributed by atoms with Crippen molar-refractivity contribution in [3.05, 3.63) is 115 Å². The Morgan fingerprint density at radius 1 is 0.944 bits per heavy atom. The van der Waals surface area contributed by atoms with Crippen LogP contribution < -0.4 is 16.6 Å². The lowest BCUT2D eigenvalue weighted by Gasteiger charge is -2.15. The Balaban J connectivity index is 1.47. The Labute approximate surface area is 216 Å². The van der Waals surface area contributed by atoms with Crippen LogP contribution >= 0.6 is 23.2 Å². The normalized spacial score (nSPS) is 11.1. The van der Waals surface area contributed by atoms with Gasteiger partial charge in [-0.05, 0) is 60.4 Å². The quantitative estimate of drug-likeness (QED) is 0.340. The lowest BCUT2D eigenvalue weighted by molar-refractivity contribution is -0.121. The molecule has 9 heteroatoms. The maximum absolute atomic E-state index is 13.5. The highest BCUT2D eigenvalue weighted by atomic mass is 35.5. The smallest absolute Gasteiger partial charge is 0.331 e. The summed E-state index contributed by atoms with van der Waals surface area (Å²) in [5, 5.41) is 4.09. The van der Waals surface area contributed by atoms with Crippen molar-refractivity contribution in [3.8, 4) is 0 Å². The highest BCUT2D eigenvalue weighted by Crippen LogP contribution is 2.19. The number of rotatable bonds is 9. The van der Waals surface area contributed by atoms with E-state index in [9.17, 15) is 18.8 Å². The lowest BCUT2D eigenvalue weighted by Crippen LogP contribution is -2.40. The van der Waals surface area contributed by atoms with Gasteiger partial charge in [0.15, 0.2) is 0 Å². The molecule has 0 aliphatic heterocycles. The third-order valence-corrected chi connectivity index (χ3v) is 6.51. The molecule has 36 heavy (non-hydrogen) atoms. The molecule has 0 atom stereocenters. The predicted octanol–water partition coefficient (Wildman–Crippen LogP) is 4.80. The van der Waals surface area contributed by atoms with Crippen LogP contribution in [-0.2, 0) is 24.3 Å². The minimum absolute atomic E-state index is 0.0733. The van der Waals surface area contributed by atoms with Crippen LogP contribution in [0.1, 0.15) is 24.0 Å². The van der Waals surface area contributed by atoms with Crippen molar-refractivity contribution in [1.82, 2.24) is 14.5 Å². The van der Waals surface area contributed by atoms with Crippen molar-refractivity contribution in [2.75, 3.05) is 6.54 Å². The molecule has 0 saturated carbocycles. The number of hydrogen-bond acceptors (Lipinski definition) is 3. The summed E-state index contributed by atoms with van der Waals surface area (Å²) in [5.74, 6) is -0.631. The van der Waals surface area contributed by atoms with E-state index in [1.807, 2.05) is 12.1 Å². The average Bonchev–Trinajstić information content (AvgIpc) is 2.86. The molecule has 1 N–H and O–H groups in total. The van der Waals surface area contributed by atoms with E-state index in [-0.39, 0.29) is 30.4 Å². The summed E-state index contributed by atoms with van der Waals surface area (Å²) in [4.78, 5) is 38.7. The number of benzene rings is 3. The second-order valence-electron chi connectivity index (χ2n) is 8.41. The largest absolute Gasteiger partial charge is 0.356 e. The first-order valence-electron chi connectivity index (χ1n) is 11.5. The summed E-state index contributed by atoms with van der Waals surface area (Å²) in [5.41, 5.74) is 1.14. The number of nitrogens with one attached hydrogen (secondary N) is 1. The maximum atomic E-state index is 13.5. The zero-order chi connectivity index (χ0) is 25.7. The molecule has 0 unspecified atom stereocenters. The molecule has 4 aromatic rings. The molecule has 1 aromatic heterocycles. The van der Waals surface area contributed by atoms with Gasteiger partial charge in [-0.3, -0.25) is 18.7 Å². The number of para-hydroxylation sites is 1. The van der Waals surface area contributed by atoms with Crippen LogP contribution in [0.15, 0.2) is 76.3 Å². The minimum atomic E-state index is -0.512. The molecule has 3 aromatic carbocycles. The standard InChI is InChI=1S/C27H24Cl2FN3O3/c28-20-10-7-18(8-11-20)13-14-31-25(34)6-3-15-32-26(35)22-4-1-2-5-24(22)33(27(32)36)17-19-9-12-21(30)16-23(19)29/h1-2,4-5,7-12,16H,3,6,13-15,17H2,(H,31,34). The Hall–Kier alpha value is -3.42. The fourth-order valence-electron chi connectivity index (χ4n) is 4.02. The number of fused-ring (bicyclic) bond motifs is 1. The van der Waals surface area contributed by atoms with Crippen LogP contribution in [0, 0.1) is 5.82 Å². The van der Waals surface area contributed by atoms with E-state index in [1.54, 1.807) is 36.4 Å². The van der Waals surface area contributed by atoms with E-state index in [0.717, 1.165) is 10.1 Å². The van der Waals surface area contributed by atoms with Gasteiger partial charge < -0.3 is 5.32 Å². The SMILES string of the molecule is O=C(CCCn1c(=O)c2ccccc2n(Cc2ccc(F)cc2Cl)c1=O)NCCc1ccc(Cl)cc1. The van der Waals surface area contributed by atoms with Crippen molar-refractivity contribution in [2.24, 2.45) is 0 Å². The van der Waals surface area contributed by atoms with Gasteiger partial charge in [0, 0.05) is 29.6 Å². The van der Waals surface area contributed by atoms with Crippen molar-refractivity contribution >= 4 is 40.0 Å². The van der Waals surface area contributed by atoms with Crippen LogP contribution in [0.4, 0.5) is 4.39 Å². The average molecular weight is 528 g/mol. The topological polar surface area (TPSA) is 73.1 Å². The summed E-state index contributed by atoms with van der Waals surface area (Å²) < 4.78 is 16.1. The number of carbonyl (C=O) groups is 1. The molecule has 0 radical (unpaired) electrons. The number of amides is 1. The van der Waals surface area contributed by atoms with Gasteiger partial charge in [-0.2, -0.15) is 0 Å². The molecule has 186 valence electrons. The first-order chi connectivity index (χ1) is 17.3. The molecular weight excluding hydrogens is 504 g/mol. The van der Waals surface area contributed by atoms with Crippen molar-refractivity contribution in [2.45, 2.75) is 32.4 Å². The fourth-order valence-corrected chi connectivity index (χ4v) is 4.38. The van der Waals surface area contributed by atoms with E-state index in [2.05, 4.69) is 5.32 Å². The highest BCUT2D eigenvalue weighted by Gasteiger charge is 2.15. The molecule has 1 heterocycles. The predicted molar refractivity (Wildman–Crippen MR) is 140 cm³/mol. The third-order valence-electron chi connectivity index (χ3n) is 5.91. The van der Waals surface area contributed by atoms with Gasteiger partial charge in [0.25, 0.3) is 5.56 Å². The van der Waals surface area contributed by atoms with Crippen molar-refractivity contribution < 1.29 is 9.18 Å². The van der Waals surface area contributed by atoms with Crippen LogP contribution in [0.3, 0.4) is 0 Å². The van der Waals surface area contributed by atoms with Gasteiger partial charge in [-0.25, -0.2) is 9.18 Å². The van der Waals surface area contributed by atoms with E-state index in [4.69, 9.17) is 23.2 Å². The summed E-state index contributed by atoms with van der Waals surface area (Å²) in [6, 6.07) is 18.2. The summed E-state index contributed by atoms with van der Waals surface area (Å²) in [7, 11) is 0. The monoisotopic (exact) mass is 527 g/mol. The van der Waals surface area contributed by atoms with Gasteiger partial charge in [-0.15, -0.1) is 0 Å². The number of carbonyl (C=O) groups excluding carboxylic acids is 1. The van der Waals surface area contributed by atoms with E-state index in [1.165, 1.54) is 22.8 Å². The summed E-state index contributed by atoms with van der Waals surface area (Å²) >= 11 is 12.1. The van der Waals surface area contributed by atoms with Crippen LogP contribution in [0.2, 0.25) is 10.0 Å². The van der Waals surface area contributed by atoms with E-state index in [0.29, 0.717) is 40.9 Å². The number of halogens is 3. The van der Waals surface area contributed by atoms with Crippen molar-refractivity contribution in [1.29, 1.82) is 0 Å². The molecule has 6 nitrogen and oxygen atoms in total. The third kappa shape index (κ3) is 6.04. The molecule has 0 spiro atoms. The highest BCUT2D eigenvalue weighted by molar-refractivity contribution is 6.31. The molecule has 0 aliphatic carbocycles. The van der Waals surface area contributed by atoms with Crippen LogP contribution in [0.25, 0.3) is 10.9 Å². The van der Waals surface area contributed by atoms with E-state index < -0.39 is 17.1 Å². The van der Waals surface area contributed by atoms with Gasteiger partial charge >= 0.3 is 5.69 Å². The first kappa shape index (κ1) is 25.7. The molecule has 4 rings (SSSR count). The van der Waals surface area contributed by atoms with Gasteiger partial charge in [0.1, 0.15) is 5.82 Å². The van der Waals surface area contributed by atoms with Crippen LogP contribution in [0.5, 0.6) is 0 Å². The van der Waals surface area contributed by atoms with E-state index >= 15 is 0 Å². The Bertz CT molecular complexity index is 1510. The number of hydrogen-bond donors (Lipinski definition) is 1. The maximum Gasteiger partial charge on any atom is 0.331 e. The van der Waals surface area contributed by atoms with Gasteiger partial charge in [0.05, 0.1) is 17.4 Å². The first-order valence-corrected chi connectivity index (χ1v) is 12.3. The Kier molecular flexibility index (Phi) is 8.23. The van der Waals surface area contributed by atoms with Crippen molar-refractivity contribution in [3.63, 3.8) is 0 Å². The zero-order valence-electron chi connectivity index (χ0n) is 19.3. The second kappa shape index (κ2) is 11.5. The molecule has 0 aliphatic rings. The Morgan fingerprint density at radius 2 is 1.69 bits per heavy atom. The number of aromatic nitrogens is 2. The second-order valence-corrected chi connectivity index (χ2v) is 9.25. The molecular formula is C27H24Cl2FN3O3. The fraction of sp³-hybridized carbons (Fsp3) is 0.222.